The summed E-state index contributed by atoms with van der Waals surface area (Å²) in [6.07, 6.45) is 6.23. The normalized spacial score (nSPS) is 34.1. The number of hydrogen-bond acceptors (Lipinski definition) is 2. The van der Waals surface area contributed by atoms with Gasteiger partial charge in [-0.05, 0) is 55.7 Å². The second-order valence-corrected chi connectivity index (χ2v) is 7.31. The van der Waals surface area contributed by atoms with Crippen LogP contribution in [0.1, 0.15) is 49.1 Å². The second kappa shape index (κ2) is 4.72. The van der Waals surface area contributed by atoms with E-state index in [2.05, 4.69) is 11.0 Å². The van der Waals surface area contributed by atoms with Gasteiger partial charge in [0.2, 0.25) is 5.91 Å². The van der Waals surface area contributed by atoms with E-state index in [9.17, 15) is 4.79 Å². The summed E-state index contributed by atoms with van der Waals surface area (Å²) in [5.41, 5.74) is 8.38. The van der Waals surface area contributed by atoms with E-state index in [-0.39, 0.29) is 17.5 Å². The molecule has 2 N–H and O–H groups in total. The number of likely N-dealkylation sites (tertiary alicyclic amines) is 1. The van der Waals surface area contributed by atoms with Gasteiger partial charge in [0.15, 0.2) is 0 Å². The largest absolute Gasteiger partial charge is 0.336 e. The molecule has 0 radical (unpaired) electrons. The van der Waals surface area contributed by atoms with Crippen LogP contribution in [0.3, 0.4) is 0 Å². The molecule has 1 atom stereocenters. The highest BCUT2D eigenvalue weighted by Gasteiger charge is 2.51. The summed E-state index contributed by atoms with van der Waals surface area (Å²) in [4.78, 5) is 15.2. The van der Waals surface area contributed by atoms with Crippen molar-refractivity contribution in [2.75, 3.05) is 6.54 Å². The van der Waals surface area contributed by atoms with Gasteiger partial charge in [-0.1, -0.05) is 23.7 Å². The molecule has 1 aromatic carbocycles. The number of hydrogen-bond donors (Lipinski definition) is 1. The molecule has 4 rings (SSSR count). The zero-order valence-corrected chi connectivity index (χ0v) is 12.9. The van der Waals surface area contributed by atoms with Crippen LogP contribution in [0.2, 0.25) is 5.02 Å². The van der Waals surface area contributed by atoms with Crippen LogP contribution in [-0.4, -0.2) is 28.9 Å². The van der Waals surface area contributed by atoms with E-state index < -0.39 is 0 Å². The number of halogens is 1. The first-order chi connectivity index (χ1) is 10.1. The maximum atomic E-state index is 13.0. The van der Waals surface area contributed by atoms with Crippen molar-refractivity contribution in [3.05, 3.63) is 34.3 Å². The third kappa shape index (κ3) is 1.94. The fourth-order valence-electron chi connectivity index (χ4n) is 4.49. The molecular weight excluding hydrogens is 284 g/mol. The summed E-state index contributed by atoms with van der Waals surface area (Å²) in [7, 11) is 0. The lowest BCUT2D eigenvalue weighted by Gasteiger charge is -2.57. The zero-order chi connectivity index (χ0) is 14.6. The summed E-state index contributed by atoms with van der Waals surface area (Å²) in [5.74, 6) is 0.321. The first-order valence-electron chi connectivity index (χ1n) is 7.95. The molecule has 4 heteroatoms. The Balaban J connectivity index is 1.58. The molecule has 1 saturated carbocycles. The van der Waals surface area contributed by atoms with Crippen LogP contribution >= 0.6 is 11.6 Å². The van der Waals surface area contributed by atoms with Crippen LogP contribution in [0.4, 0.5) is 0 Å². The number of fused-ring (bicyclic) bond motifs is 1. The Morgan fingerprint density at radius 2 is 2.14 bits per heavy atom. The Labute approximate surface area is 130 Å². The number of rotatable bonds is 1. The number of benzene rings is 1. The number of piperidine rings is 1. The Morgan fingerprint density at radius 1 is 1.33 bits per heavy atom. The fraction of sp³-hybridized carbons (Fsp3) is 0.588. The first kappa shape index (κ1) is 13.6. The Kier molecular flexibility index (Phi) is 3.05. The maximum absolute atomic E-state index is 13.0. The SMILES string of the molecule is NC1CC2(CCCCN2C(=O)[C@@H]2Cc3c(Cl)cccc32)C1. The van der Waals surface area contributed by atoms with Crippen molar-refractivity contribution >= 4 is 17.5 Å². The van der Waals surface area contributed by atoms with Gasteiger partial charge in [0.25, 0.3) is 0 Å². The number of nitrogens with two attached hydrogens (primary N) is 1. The minimum Gasteiger partial charge on any atom is -0.336 e. The van der Waals surface area contributed by atoms with E-state index in [1.165, 1.54) is 6.42 Å². The summed E-state index contributed by atoms with van der Waals surface area (Å²) >= 11 is 6.19. The van der Waals surface area contributed by atoms with Gasteiger partial charge in [-0.25, -0.2) is 0 Å². The molecule has 1 heterocycles. The predicted octanol–water partition coefficient (Wildman–Crippen LogP) is 2.85. The van der Waals surface area contributed by atoms with E-state index in [4.69, 9.17) is 17.3 Å². The lowest BCUT2D eigenvalue weighted by Crippen LogP contribution is -2.66. The van der Waals surface area contributed by atoms with Crippen LogP contribution in [0.25, 0.3) is 0 Å². The monoisotopic (exact) mass is 304 g/mol. The quantitative estimate of drug-likeness (QED) is 0.867. The van der Waals surface area contributed by atoms with E-state index in [0.29, 0.717) is 5.91 Å². The molecule has 0 unspecified atom stereocenters. The minimum atomic E-state index is 0.0190. The molecular formula is C17H21ClN2O. The van der Waals surface area contributed by atoms with Gasteiger partial charge in [0.05, 0.1) is 5.92 Å². The summed E-state index contributed by atoms with van der Waals surface area (Å²) in [6.45, 7) is 0.901. The van der Waals surface area contributed by atoms with Gasteiger partial charge < -0.3 is 10.6 Å². The third-order valence-corrected chi connectivity index (χ3v) is 5.99. The molecule has 2 fully saturated rings. The van der Waals surface area contributed by atoms with E-state index >= 15 is 0 Å². The van der Waals surface area contributed by atoms with Crippen LogP contribution < -0.4 is 5.73 Å². The van der Waals surface area contributed by atoms with Gasteiger partial charge in [0, 0.05) is 23.1 Å². The van der Waals surface area contributed by atoms with E-state index in [1.54, 1.807) is 0 Å². The van der Waals surface area contributed by atoms with Crippen LogP contribution in [0.5, 0.6) is 0 Å². The number of nitrogens with zero attached hydrogens (tertiary/aromatic N) is 1. The molecule has 1 amide bonds. The van der Waals surface area contributed by atoms with Gasteiger partial charge in [-0.3, -0.25) is 4.79 Å². The van der Waals surface area contributed by atoms with Crippen molar-refractivity contribution in [3.63, 3.8) is 0 Å². The van der Waals surface area contributed by atoms with Crippen molar-refractivity contribution in [1.82, 2.24) is 4.90 Å². The van der Waals surface area contributed by atoms with E-state index in [1.807, 2.05) is 12.1 Å². The number of carbonyl (C=O) groups excluding carboxylic acids is 1. The number of amides is 1. The van der Waals surface area contributed by atoms with Crippen molar-refractivity contribution in [3.8, 4) is 0 Å². The smallest absolute Gasteiger partial charge is 0.230 e. The first-order valence-corrected chi connectivity index (χ1v) is 8.33. The highest BCUT2D eigenvalue weighted by atomic mass is 35.5. The second-order valence-electron chi connectivity index (χ2n) is 6.90. The standard InChI is InChI=1S/C17H21ClN2O/c18-15-5-3-4-12-13(15)8-14(12)16(21)20-7-2-1-6-17(20)9-11(19)10-17/h3-5,11,14H,1-2,6-10,19H2/t11?,14-,17?/m1/s1. The molecule has 112 valence electrons. The molecule has 1 aromatic rings. The highest BCUT2D eigenvalue weighted by molar-refractivity contribution is 6.31. The summed E-state index contributed by atoms with van der Waals surface area (Å²) in [6, 6.07) is 6.19. The van der Waals surface area contributed by atoms with Gasteiger partial charge in [0.1, 0.15) is 0 Å². The minimum absolute atomic E-state index is 0.0190. The van der Waals surface area contributed by atoms with Crippen LogP contribution in [0.15, 0.2) is 18.2 Å². The number of carbonyl (C=O) groups is 1. The topological polar surface area (TPSA) is 46.3 Å². The lowest BCUT2D eigenvalue weighted by molar-refractivity contribution is -0.148. The van der Waals surface area contributed by atoms with Crippen molar-refractivity contribution in [1.29, 1.82) is 0 Å². The van der Waals surface area contributed by atoms with Crippen molar-refractivity contribution in [2.45, 2.75) is 56.0 Å². The Morgan fingerprint density at radius 3 is 2.90 bits per heavy atom. The Hall–Kier alpha value is -1.06. The average Bonchev–Trinajstić information content (AvgIpc) is 2.40. The van der Waals surface area contributed by atoms with Gasteiger partial charge >= 0.3 is 0 Å². The lowest BCUT2D eigenvalue weighted by atomic mass is 9.66. The van der Waals surface area contributed by atoms with E-state index in [0.717, 1.165) is 54.8 Å². The van der Waals surface area contributed by atoms with Crippen LogP contribution in [-0.2, 0) is 11.2 Å². The Bertz CT molecular complexity index is 589. The molecule has 3 aliphatic rings. The average molecular weight is 305 g/mol. The molecule has 1 aliphatic heterocycles. The molecule has 1 spiro atoms. The maximum Gasteiger partial charge on any atom is 0.230 e. The van der Waals surface area contributed by atoms with Gasteiger partial charge in [-0.15, -0.1) is 0 Å². The molecule has 1 saturated heterocycles. The molecule has 0 aromatic heterocycles. The molecule has 0 bridgehead atoms. The molecule has 2 aliphatic carbocycles. The molecule has 3 nitrogen and oxygen atoms in total. The van der Waals surface area contributed by atoms with Crippen LogP contribution in [0, 0.1) is 0 Å². The van der Waals surface area contributed by atoms with Gasteiger partial charge in [-0.2, -0.15) is 0 Å². The van der Waals surface area contributed by atoms with Crippen molar-refractivity contribution in [2.24, 2.45) is 5.73 Å². The summed E-state index contributed by atoms with van der Waals surface area (Å²) < 4.78 is 0. The molecule has 21 heavy (non-hydrogen) atoms. The van der Waals surface area contributed by atoms with Crippen molar-refractivity contribution < 1.29 is 4.79 Å². The fourth-order valence-corrected chi connectivity index (χ4v) is 4.75. The third-order valence-electron chi connectivity index (χ3n) is 5.63. The highest BCUT2D eigenvalue weighted by Crippen LogP contribution is 2.47. The summed E-state index contributed by atoms with van der Waals surface area (Å²) in [5, 5.41) is 0.801. The zero-order valence-electron chi connectivity index (χ0n) is 12.1. The predicted molar refractivity (Wildman–Crippen MR) is 83.4 cm³/mol.